The number of hydrogen-bond acceptors (Lipinski definition) is 6. The number of carboxylic acid groups (broad SMARTS) is 1. The molecule has 9 nitrogen and oxygen atoms in total. The van der Waals surface area contributed by atoms with Crippen LogP contribution in [-0.4, -0.2) is 35.6 Å². The standard InChI is InChI=1S/C18H17ClN4O5S/c19-15-9-10-16(22-21-15)23-29(27,28)12-7-5-11(6-8-12)20-17(24)13-3-1-2-4-14(13)18(25)26/h1-2,5-10,13-14H,3-4H2,(H,20,24)(H,22,23)(H,25,26)/t13-,14-/m1/s1. The van der Waals surface area contributed by atoms with Gasteiger partial charge in [0.25, 0.3) is 10.0 Å². The van der Waals surface area contributed by atoms with Crippen molar-refractivity contribution < 1.29 is 23.1 Å². The average molecular weight is 437 g/mol. The van der Waals surface area contributed by atoms with Crippen LogP contribution < -0.4 is 10.0 Å². The molecule has 3 N–H and O–H groups in total. The van der Waals surface area contributed by atoms with Gasteiger partial charge in [-0.3, -0.25) is 14.3 Å². The minimum absolute atomic E-state index is 0.0110. The van der Waals surface area contributed by atoms with Gasteiger partial charge in [0.1, 0.15) is 0 Å². The van der Waals surface area contributed by atoms with E-state index in [0.29, 0.717) is 18.5 Å². The van der Waals surface area contributed by atoms with Crippen LogP contribution in [0.15, 0.2) is 53.4 Å². The Balaban J connectivity index is 1.69. The molecular weight excluding hydrogens is 420 g/mol. The molecule has 1 heterocycles. The summed E-state index contributed by atoms with van der Waals surface area (Å²) in [5.41, 5.74) is 0.360. The van der Waals surface area contributed by atoms with E-state index >= 15 is 0 Å². The molecule has 0 saturated heterocycles. The average Bonchev–Trinajstić information content (AvgIpc) is 2.70. The van der Waals surface area contributed by atoms with Crippen molar-refractivity contribution in [1.82, 2.24) is 10.2 Å². The quantitative estimate of drug-likeness (QED) is 0.591. The second kappa shape index (κ2) is 8.58. The number of amides is 1. The molecule has 0 fully saturated rings. The minimum atomic E-state index is -3.91. The van der Waals surface area contributed by atoms with Crippen molar-refractivity contribution in [3.63, 3.8) is 0 Å². The number of carbonyl (C=O) groups is 2. The lowest BCUT2D eigenvalue weighted by Crippen LogP contribution is -2.34. The highest BCUT2D eigenvalue weighted by Crippen LogP contribution is 2.27. The van der Waals surface area contributed by atoms with Crippen LogP contribution in [0.25, 0.3) is 0 Å². The number of rotatable bonds is 6. The third kappa shape index (κ3) is 5.09. The van der Waals surface area contributed by atoms with Crippen LogP contribution in [0, 0.1) is 11.8 Å². The van der Waals surface area contributed by atoms with E-state index in [4.69, 9.17) is 11.6 Å². The summed E-state index contributed by atoms with van der Waals surface area (Å²) in [6.45, 7) is 0. The number of allylic oxidation sites excluding steroid dienone is 2. The molecular formula is C18H17ClN4O5S. The van der Waals surface area contributed by atoms with Crippen LogP contribution in [0.5, 0.6) is 0 Å². The second-order valence-electron chi connectivity index (χ2n) is 6.35. The minimum Gasteiger partial charge on any atom is -0.481 e. The summed E-state index contributed by atoms with van der Waals surface area (Å²) in [7, 11) is -3.91. The summed E-state index contributed by atoms with van der Waals surface area (Å²) in [6.07, 6.45) is 4.16. The number of halogens is 1. The van der Waals surface area contributed by atoms with Crippen molar-refractivity contribution in [1.29, 1.82) is 0 Å². The van der Waals surface area contributed by atoms with E-state index in [-0.39, 0.29) is 15.9 Å². The molecule has 2 atom stereocenters. The third-order valence-corrected chi connectivity index (χ3v) is 5.96. The number of sulfonamides is 1. The molecule has 0 saturated carbocycles. The lowest BCUT2D eigenvalue weighted by molar-refractivity contribution is -0.146. The van der Waals surface area contributed by atoms with Gasteiger partial charge in [0, 0.05) is 5.69 Å². The van der Waals surface area contributed by atoms with Crippen molar-refractivity contribution in [2.75, 3.05) is 10.0 Å². The van der Waals surface area contributed by atoms with Crippen LogP contribution in [0.1, 0.15) is 12.8 Å². The van der Waals surface area contributed by atoms with Gasteiger partial charge in [0.05, 0.1) is 16.7 Å². The van der Waals surface area contributed by atoms with Crippen molar-refractivity contribution in [3.05, 3.63) is 53.7 Å². The van der Waals surface area contributed by atoms with Crippen LogP contribution >= 0.6 is 11.6 Å². The molecule has 1 aliphatic rings. The fourth-order valence-corrected chi connectivity index (χ4v) is 3.99. The molecule has 1 aromatic heterocycles. The molecule has 0 bridgehead atoms. The molecule has 1 amide bonds. The number of aliphatic carboxylic acids is 1. The molecule has 0 spiro atoms. The number of carbonyl (C=O) groups excluding carboxylic acids is 1. The monoisotopic (exact) mass is 436 g/mol. The first-order chi connectivity index (χ1) is 13.8. The summed E-state index contributed by atoms with van der Waals surface area (Å²) in [6, 6.07) is 8.26. The molecule has 2 aromatic rings. The predicted molar refractivity (Wildman–Crippen MR) is 106 cm³/mol. The Kier molecular flexibility index (Phi) is 6.14. The zero-order valence-electron chi connectivity index (χ0n) is 14.9. The third-order valence-electron chi connectivity index (χ3n) is 4.39. The van der Waals surface area contributed by atoms with Crippen molar-refractivity contribution in [2.24, 2.45) is 11.8 Å². The number of anilines is 2. The molecule has 11 heteroatoms. The lowest BCUT2D eigenvalue weighted by atomic mass is 9.82. The van der Waals surface area contributed by atoms with E-state index < -0.39 is 33.7 Å². The molecule has 29 heavy (non-hydrogen) atoms. The first kappa shape index (κ1) is 20.7. The van der Waals surface area contributed by atoms with Gasteiger partial charge in [-0.25, -0.2) is 8.42 Å². The number of aromatic nitrogens is 2. The molecule has 152 valence electrons. The number of benzene rings is 1. The van der Waals surface area contributed by atoms with Crippen LogP contribution in [0.2, 0.25) is 5.15 Å². The summed E-state index contributed by atoms with van der Waals surface area (Å²) in [5, 5.41) is 19.3. The van der Waals surface area contributed by atoms with Gasteiger partial charge in [0.2, 0.25) is 5.91 Å². The van der Waals surface area contributed by atoms with Gasteiger partial charge in [-0.2, -0.15) is 0 Å². The van der Waals surface area contributed by atoms with Gasteiger partial charge >= 0.3 is 5.97 Å². The second-order valence-corrected chi connectivity index (χ2v) is 8.42. The SMILES string of the molecule is O=C(O)[C@@H]1CC=CC[C@H]1C(=O)Nc1ccc(S(=O)(=O)Nc2ccc(Cl)nn2)cc1. The summed E-state index contributed by atoms with van der Waals surface area (Å²) in [4.78, 5) is 23.8. The zero-order chi connectivity index (χ0) is 21.0. The van der Waals surface area contributed by atoms with Crippen molar-refractivity contribution >= 4 is 45.0 Å². The van der Waals surface area contributed by atoms with E-state index in [2.05, 4.69) is 20.2 Å². The highest BCUT2D eigenvalue weighted by atomic mass is 35.5. The van der Waals surface area contributed by atoms with Crippen LogP contribution in [0.3, 0.4) is 0 Å². The Morgan fingerprint density at radius 1 is 1.00 bits per heavy atom. The van der Waals surface area contributed by atoms with Crippen LogP contribution in [-0.2, 0) is 19.6 Å². The van der Waals surface area contributed by atoms with Crippen molar-refractivity contribution in [2.45, 2.75) is 17.7 Å². The van der Waals surface area contributed by atoms with Gasteiger partial charge in [-0.05, 0) is 49.2 Å². The fraction of sp³-hybridized carbons (Fsp3) is 0.222. The van der Waals surface area contributed by atoms with Gasteiger partial charge < -0.3 is 10.4 Å². The predicted octanol–water partition coefficient (Wildman–Crippen LogP) is 2.54. The Bertz CT molecular complexity index is 1040. The maximum Gasteiger partial charge on any atom is 0.307 e. The van der Waals surface area contributed by atoms with Crippen LogP contribution in [0.4, 0.5) is 11.5 Å². The number of nitrogens with zero attached hydrogens (tertiary/aromatic N) is 2. The summed E-state index contributed by atoms with van der Waals surface area (Å²) in [5.74, 6) is -2.91. The fourth-order valence-electron chi connectivity index (χ4n) is 2.90. The van der Waals surface area contributed by atoms with Gasteiger partial charge in [-0.1, -0.05) is 23.8 Å². The first-order valence-corrected chi connectivity index (χ1v) is 10.4. The maximum atomic E-state index is 12.5. The highest BCUT2D eigenvalue weighted by Gasteiger charge is 2.34. The normalized spacial score (nSPS) is 18.8. The Hall–Kier alpha value is -2.98. The van der Waals surface area contributed by atoms with Gasteiger partial charge in [-0.15, -0.1) is 10.2 Å². The smallest absolute Gasteiger partial charge is 0.307 e. The number of nitrogens with one attached hydrogen (secondary N) is 2. The molecule has 0 unspecified atom stereocenters. The van der Waals surface area contributed by atoms with E-state index in [1.807, 2.05) is 0 Å². The highest BCUT2D eigenvalue weighted by molar-refractivity contribution is 7.92. The molecule has 1 aromatic carbocycles. The van der Waals surface area contributed by atoms with E-state index in [1.54, 1.807) is 12.2 Å². The van der Waals surface area contributed by atoms with E-state index in [9.17, 15) is 23.1 Å². The number of hydrogen-bond donors (Lipinski definition) is 3. The Morgan fingerprint density at radius 2 is 1.66 bits per heavy atom. The largest absolute Gasteiger partial charge is 0.481 e. The summed E-state index contributed by atoms with van der Waals surface area (Å²) >= 11 is 5.62. The summed E-state index contributed by atoms with van der Waals surface area (Å²) < 4.78 is 27.1. The topological polar surface area (TPSA) is 138 Å². The first-order valence-electron chi connectivity index (χ1n) is 8.57. The molecule has 3 rings (SSSR count). The molecule has 0 radical (unpaired) electrons. The van der Waals surface area contributed by atoms with Crippen molar-refractivity contribution in [3.8, 4) is 0 Å². The maximum absolute atomic E-state index is 12.5. The van der Waals surface area contributed by atoms with E-state index in [0.717, 1.165) is 0 Å². The zero-order valence-corrected chi connectivity index (χ0v) is 16.5. The van der Waals surface area contributed by atoms with E-state index in [1.165, 1.54) is 36.4 Å². The lowest BCUT2D eigenvalue weighted by Gasteiger charge is -2.24. The Morgan fingerprint density at radius 3 is 2.24 bits per heavy atom. The molecule has 0 aliphatic heterocycles. The Labute approximate surface area is 171 Å². The number of carboxylic acids is 1. The van der Waals surface area contributed by atoms with Gasteiger partial charge in [0.15, 0.2) is 11.0 Å². The molecule has 1 aliphatic carbocycles.